The monoisotopic (exact) mass is 468 g/mol. The van der Waals surface area contributed by atoms with E-state index in [4.69, 9.17) is 11.6 Å². The molecule has 3 rings (SSSR count). The van der Waals surface area contributed by atoms with Crippen LogP contribution in [0.2, 0.25) is 5.02 Å². The highest BCUT2D eigenvalue weighted by Crippen LogP contribution is 2.24. The molecule has 0 aliphatic heterocycles. The minimum Gasteiger partial charge on any atom is -0.468 e. The molecular weight excluding hydrogens is 448 g/mol. The Morgan fingerprint density at radius 2 is 1.44 bits per heavy atom. The zero-order chi connectivity index (χ0) is 22.9. The van der Waals surface area contributed by atoms with Gasteiger partial charge in [0.25, 0.3) is 11.8 Å². The fourth-order valence-electron chi connectivity index (χ4n) is 2.68. The van der Waals surface area contributed by atoms with E-state index < -0.39 is 11.9 Å². The zero-order valence-electron chi connectivity index (χ0n) is 17.3. The molecule has 0 aliphatic rings. The van der Waals surface area contributed by atoms with E-state index in [0.29, 0.717) is 21.8 Å². The summed E-state index contributed by atoms with van der Waals surface area (Å²) in [5.74, 6) is -0.398. The number of ether oxygens (including phenoxy) is 1. The smallest absolute Gasteiger partial charge is 0.325 e. The molecule has 0 saturated carbocycles. The fraction of sp³-hybridized carbons (Fsp3) is 0.125. The number of hydrogen-bond acceptors (Lipinski definition) is 5. The summed E-state index contributed by atoms with van der Waals surface area (Å²) in [5.41, 5.74) is 2.56. The molecule has 0 fully saturated rings. The predicted molar refractivity (Wildman–Crippen MR) is 126 cm³/mol. The summed E-state index contributed by atoms with van der Waals surface area (Å²) in [6.07, 6.45) is 0. The van der Waals surface area contributed by atoms with Gasteiger partial charge in [-0.3, -0.25) is 14.4 Å². The average Bonchev–Trinajstić information content (AvgIpc) is 2.82. The molecule has 0 aliphatic carbocycles. The predicted octanol–water partition coefficient (Wildman–Crippen LogP) is 4.79. The van der Waals surface area contributed by atoms with Crippen LogP contribution >= 0.6 is 23.4 Å². The number of rotatable bonds is 8. The van der Waals surface area contributed by atoms with Crippen LogP contribution in [0.3, 0.4) is 0 Å². The molecule has 32 heavy (non-hydrogen) atoms. The fourth-order valence-corrected chi connectivity index (χ4v) is 3.67. The van der Waals surface area contributed by atoms with E-state index in [1.165, 1.54) is 7.11 Å². The molecule has 0 saturated heterocycles. The molecule has 3 aromatic rings. The van der Waals surface area contributed by atoms with E-state index in [2.05, 4.69) is 15.4 Å². The lowest BCUT2D eigenvalue weighted by atomic mass is 10.1. The van der Waals surface area contributed by atoms with Crippen molar-refractivity contribution in [2.24, 2.45) is 0 Å². The van der Waals surface area contributed by atoms with Crippen molar-refractivity contribution in [1.29, 1.82) is 0 Å². The summed E-state index contributed by atoms with van der Waals surface area (Å²) in [7, 11) is 1.25. The highest BCUT2D eigenvalue weighted by molar-refractivity contribution is 7.98. The van der Waals surface area contributed by atoms with E-state index in [9.17, 15) is 14.4 Å². The van der Waals surface area contributed by atoms with Gasteiger partial charge in [0, 0.05) is 32.5 Å². The van der Waals surface area contributed by atoms with Gasteiger partial charge < -0.3 is 15.4 Å². The molecule has 2 amide bonds. The molecule has 3 aromatic carbocycles. The van der Waals surface area contributed by atoms with Gasteiger partial charge in [-0.05, 0) is 66.2 Å². The van der Waals surface area contributed by atoms with Crippen LogP contribution in [-0.4, -0.2) is 31.4 Å². The minimum absolute atomic E-state index is 0.206. The number of thioether (sulfide) groups is 1. The number of amides is 2. The van der Waals surface area contributed by atoms with Crippen LogP contribution in [0.1, 0.15) is 26.3 Å². The topological polar surface area (TPSA) is 84.5 Å². The summed E-state index contributed by atoms with van der Waals surface area (Å²) in [4.78, 5) is 36.7. The van der Waals surface area contributed by atoms with E-state index in [1.54, 1.807) is 48.2 Å². The lowest BCUT2D eigenvalue weighted by Crippen LogP contribution is -2.30. The standard InChI is InChI=1S/C24H21ClN2O4S/c1-31-22(28)14-26-23(29)17-6-10-20(11-7-17)27-24(30)18-4-2-16(3-5-18)15-32-21-12-8-19(25)9-13-21/h2-13H,14-15H2,1H3,(H,26,29)(H,27,30). The second kappa shape index (κ2) is 11.4. The molecule has 0 unspecified atom stereocenters. The van der Waals surface area contributed by atoms with Crippen molar-refractivity contribution in [3.63, 3.8) is 0 Å². The van der Waals surface area contributed by atoms with Crippen LogP contribution in [0.15, 0.2) is 77.7 Å². The number of benzene rings is 3. The van der Waals surface area contributed by atoms with E-state index in [1.807, 2.05) is 36.4 Å². The Balaban J connectivity index is 1.52. The third-order valence-electron chi connectivity index (χ3n) is 4.46. The number of carbonyl (C=O) groups excluding carboxylic acids is 3. The zero-order valence-corrected chi connectivity index (χ0v) is 18.8. The normalized spacial score (nSPS) is 10.3. The van der Waals surface area contributed by atoms with Gasteiger partial charge in [0.15, 0.2) is 0 Å². The van der Waals surface area contributed by atoms with Crippen LogP contribution in [0.25, 0.3) is 0 Å². The Labute approximate surface area is 195 Å². The lowest BCUT2D eigenvalue weighted by molar-refractivity contribution is -0.139. The van der Waals surface area contributed by atoms with Gasteiger partial charge in [0.05, 0.1) is 7.11 Å². The third kappa shape index (κ3) is 6.87. The molecule has 0 heterocycles. The number of methoxy groups -OCH3 is 1. The molecular formula is C24H21ClN2O4S. The number of halogens is 1. The van der Waals surface area contributed by atoms with Crippen LogP contribution in [-0.2, 0) is 15.3 Å². The summed E-state index contributed by atoms with van der Waals surface area (Å²) in [6, 6.07) is 21.5. The lowest BCUT2D eigenvalue weighted by Gasteiger charge is -2.08. The van der Waals surface area contributed by atoms with Crippen LogP contribution in [0.5, 0.6) is 0 Å². The highest BCUT2D eigenvalue weighted by Gasteiger charge is 2.10. The highest BCUT2D eigenvalue weighted by atomic mass is 35.5. The first-order chi connectivity index (χ1) is 15.4. The van der Waals surface area contributed by atoms with Crippen molar-refractivity contribution >= 4 is 46.8 Å². The van der Waals surface area contributed by atoms with E-state index in [-0.39, 0.29) is 12.5 Å². The first kappa shape index (κ1) is 23.4. The van der Waals surface area contributed by atoms with Crippen molar-refractivity contribution < 1.29 is 19.1 Å². The second-order valence-electron chi connectivity index (χ2n) is 6.73. The van der Waals surface area contributed by atoms with Crippen molar-refractivity contribution in [3.05, 3.63) is 94.5 Å². The first-order valence-electron chi connectivity index (χ1n) is 9.68. The van der Waals surface area contributed by atoms with Crippen molar-refractivity contribution in [2.75, 3.05) is 19.0 Å². The molecule has 0 bridgehead atoms. The van der Waals surface area contributed by atoms with Crippen LogP contribution in [0, 0.1) is 0 Å². The SMILES string of the molecule is COC(=O)CNC(=O)c1ccc(NC(=O)c2ccc(CSc3ccc(Cl)cc3)cc2)cc1. The van der Waals surface area contributed by atoms with Gasteiger partial charge in [-0.1, -0.05) is 23.7 Å². The Hall–Kier alpha value is -3.29. The maximum atomic E-state index is 12.5. The Morgan fingerprint density at radius 3 is 2.06 bits per heavy atom. The van der Waals surface area contributed by atoms with Gasteiger partial charge in [0.1, 0.15) is 6.54 Å². The molecule has 0 atom stereocenters. The Kier molecular flexibility index (Phi) is 8.30. The van der Waals surface area contributed by atoms with Crippen LogP contribution in [0.4, 0.5) is 5.69 Å². The number of carbonyl (C=O) groups is 3. The molecule has 164 valence electrons. The van der Waals surface area contributed by atoms with E-state index >= 15 is 0 Å². The first-order valence-corrected chi connectivity index (χ1v) is 11.0. The Bertz CT molecular complexity index is 1080. The maximum Gasteiger partial charge on any atom is 0.325 e. The number of esters is 1. The van der Waals surface area contributed by atoms with Gasteiger partial charge in [-0.15, -0.1) is 11.8 Å². The van der Waals surface area contributed by atoms with Crippen molar-refractivity contribution in [3.8, 4) is 0 Å². The number of hydrogen-bond donors (Lipinski definition) is 2. The summed E-state index contributed by atoms with van der Waals surface area (Å²) in [5, 5.41) is 5.97. The molecule has 2 N–H and O–H groups in total. The molecule has 0 aromatic heterocycles. The summed E-state index contributed by atoms with van der Waals surface area (Å²) in [6.45, 7) is -0.206. The summed E-state index contributed by atoms with van der Waals surface area (Å²) < 4.78 is 4.48. The molecule has 8 heteroatoms. The van der Waals surface area contributed by atoms with Crippen molar-refractivity contribution in [2.45, 2.75) is 10.6 Å². The maximum absolute atomic E-state index is 12.5. The molecule has 6 nitrogen and oxygen atoms in total. The average molecular weight is 469 g/mol. The minimum atomic E-state index is -0.531. The largest absolute Gasteiger partial charge is 0.468 e. The number of nitrogens with one attached hydrogen (secondary N) is 2. The van der Waals surface area contributed by atoms with Gasteiger partial charge >= 0.3 is 5.97 Å². The van der Waals surface area contributed by atoms with Gasteiger partial charge in [-0.25, -0.2) is 0 Å². The van der Waals surface area contributed by atoms with Gasteiger partial charge in [0.2, 0.25) is 0 Å². The summed E-state index contributed by atoms with van der Waals surface area (Å²) >= 11 is 7.59. The molecule has 0 spiro atoms. The quantitative estimate of drug-likeness (QED) is 0.367. The van der Waals surface area contributed by atoms with E-state index in [0.717, 1.165) is 16.2 Å². The van der Waals surface area contributed by atoms with Gasteiger partial charge in [-0.2, -0.15) is 0 Å². The number of anilines is 1. The third-order valence-corrected chi connectivity index (χ3v) is 5.80. The second-order valence-corrected chi connectivity index (χ2v) is 8.21. The Morgan fingerprint density at radius 1 is 0.844 bits per heavy atom. The van der Waals surface area contributed by atoms with Crippen molar-refractivity contribution in [1.82, 2.24) is 5.32 Å². The van der Waals surface area contributed by atoms with Crippen LogP contribution < -0.4 is 10.6 Å². The molecule has 0 radical (unpaired) electrons.